The highest BCUT2D eigenvalue weighted by atomic mass is 19.1. The average molecular weight is 282 g/mol. The monoisotopic (exact) mass is 282 g/mol. The van der Waals surface area contributed by atoms with Gasteiger partial charge in [0, 0.05) is 25.2 Å². The van der Waals surface area contributed by atoms with Gasteiger partial charge in [0.25, 0.3) is 0 Å². The largest absolute Gasteiger partial charge is 0.329 e. The summed E-state index contributed by atoms with van der Waals surface area (Å²) < 4.78 is 26.7. The second kappa shape index (κ2) is 7.14. The minimum atomic E-state index is -0.537. The molecule has 1 unspecified atom stereocenters. The molecule has 2 N–H and O–H groups in total. The van der Waals surface area contributed by atoms with Crippen LogP contribution >= 0.6 is 0 Å². The molecule has 2 nitrogen and oxygen atoms in total. The number of hydrogen-bond acceptors (Lipinski definition) is 2. The van der Waals surface area contributed by atoms with Crippen LogP contribution in [0.5, 0.6) is 0 Å². The van der Waals surface area contributed by atoms with E-state index in [0.29, 0.717) is 18.0 Å². The van der Waals surface area contributed by atoms with E-state index in [-0.39, 0.29) is 6.04 Å². The topological polar surface area (TPSA) is 29.3 Å². The van der Waals surface area contributed by atoms with E-state index in [2.05, 4.69) is 4.90 Å². The number of hydrogen-bond donors (Lipinski definition) is 1. The Morgan fingerprint density at radius 1 is 1.15 bits per heavy atom. The zero-order chi connectivity index (χ0) is 14.5. The predicted octanol–water partition coefficient (Wildman–Crippen LogP) is 3.48. The van der Waals surface area contributed by atoms with E-state index in [9.17, 15) is 8.78 Å². The van der Waals surface area contributed by atoms with Crippen molar-refractivity contribution in [2.24, 2.45) is 11.7 Å². The zero-order valence-electron chi connectivity index (χ0n) is 12.1. The Bertz CT molecular complexity index is 410. The molecule has 2 rings (SSSR count). The Morgan fingerprint density at radius 2 is 1.75 bits per heavy atom. The molecule has 0 radical (unpaired) electrons. The van der Waals surface area contributed by atoms with Crippen molar-refractivity contribution in [3.63, 3.8) is 0 Å². The Balaban J connectivity index is 2.05. The van der Waals surface area contributed by atoms with Crippen LogP contribution in [-0.2, 0) is 0 Å². The van der Waals surface area contributed by atoms with Gasteiger partial charge in [0.1, 0.15) is 11.6 Å². The molecule has 1 aromatic carbocycles. The normalized spacial score (nSPS) is 18.4. The van der Waals surface area contributed by atoms with Crippen LogP contribution in [0.2, 0.25) is 0 Å². The Hall–Kier alpha value is -1.00. The molecule has 0 bridgehead atoms. The molecule has 0 aromatic heterocycles. The van der Waals surface area contributed by atoms with Crippen LogP contribution in [0.15, 0.2) is 18.2 Å². The van der Waals surface area contributed by atoms with Gasteiger partial charge in [-0.2, -0.15) is 0 Å². The second-order valence-corrected chi connectivity index (χ2v) is 5.90. The number of rotatable bonds is 5. The molecule has 1 atom stereocenters. The molecule has 1 aliphatic carbocycles. The fourth-order valence-electron chi connectivity index (χ4n) is 3.24. The third kappa shape index (κ3) is 4.00. The van der Waals surface area contributed by atoms with Crippen LogP contribution in [0.3, 0.4) is 0 Å². The van der Waals surface area contributed by atoms with Crippen molar-refractivity contribution in [1.82, 2.24) is 4.90 Å². The quantitative estimate of drug-likeness (QED) is 0.896. The first-order valence-corrected chi connectivity index (χ1v) is 7.46. The molecule has 1 saturated carbocycles. The van der Waals surface area contributed by atoms with E-state index in [0.717, 1.165) is 12.6 Å². The van der Waals surface area contributed by atoms with Crippen molar-refractivity contribution in [1.29, 1.82) is 0 Å². The maximum absolute atomic E-state index is 13.3. The van der Waals surface area contributed by atoms with E-state index >= 15 is 0 Å². The summed E-state index contributed by atoms with van der Waals surface area (Å²) in [6.45, 7) is 1.31. The summed E-state index contributed by atoms with van der Waals surface area (Å²) in [4.78, 5) is 2.14. The van der Waals surface area contributed by atoms with Crippen LogP contribution in [0.25, 0.3) is 0 Å². The smallest absolute Gasteiger partial charge is 0.126 e. The van der Waals surface area contributed by atoms with E-state index < -0.39 is 11.6 Å². The van der Waals surface area contributed by atoms with Crippen molar-refractivity contribution in [2.45, 2.75) is 38.1 Å². The number of halogens is 2. The lowest BCUT2D eigenvalue weighted by Crippen LogP contribution is -2.35. The minimum Gasteiger partial charge on any atom is -0.329 e. The van der Waals surface area contributed by atoms with Gasteiger partial charge in [0.05, 0.1) is 0 Å². The van der Waals surface area contributed by atoms with Gasteiger partial charge in [0.15, 0.2) is 0 Å². The first-order chi connectivity index (χ1) is 9.60. The highest BCUT2D eigenvalue weighted by molar-refractivity contribution is 5.22. The lowest BCUT2D eigenvalue weighted by atomic mass is 9.88. The number of nitrogens with zero attached hydrogens (tertiary/aromatic N) is 1. The van der Waals surface area contributed by atoms with Gasteiger partial charge in [0.2, 0.25) is 0 Å². The summed E-state index contributed by atoms with van der Waals surface area (Å²) in [5, 5.41) is 0. The van der Waals surface area contributed by atoms with Gasteiger partial charge in [-0.25, -0.2) is 8.78 Å². The van der Waals surface area contributed by atoms with E-state index in [1.165, 1.54) is 44.2 Å². The van der Waals surface area contributed by atoms with Crippen LogP contribution in [0.4, 0.5) is 8.78 Å². The standard InChI is InChI=1S/C16H24F2N2/c1-20(11-12-5-3-2-4-6-12)16(10-19)13-7-14(17)9-15(18)8-13/h7-9,12,16H,2-6,10-11,19H2,1H3. The summed E-state index contributed by atoms with van der Waals surface area (Å²) in [6.07, 6.45) is 6.41. The molecule has 1 aromatic rings. The summed E-state index contributed by atoms with van der Waals surface area (Å²) in [6, 6.07) is 3.55. The van der Waals surface area contributed by atoms with Crippen molar-refractivity contribution in [3.05, 3.63) is 35.4 Å². The molecule has 1 fully saturated rings. The van der Waals surface area contributed by atoms with Crippen LogP contribution in [0, 0.1) is 17.6 Å². The Labute approximate surface area is 120 Å². The molecule has 112 valence electrons. The van der Waals surface area contributed by atoms with Gasteiger partial charge in [-0.05, 0) is 43.5 Å². The highest BCUT2D eigenvalue weighted by Gasteiger charge is 2.21. The SMILES string of the molecule is CN(CC1CCCCC1)C(CN)c1cc(F)cc(F)c1. The molecule has 4 heteroatoms. The van der Waals surface area contributed by atoms with Gasteiger partial charge in [-0.1, -0.05) is 19.3 Å². The van der Waals surface area contributed by atoms with Crippen LogP contribution in [0.1, 0.15) is 43.7 Å². The molecule has 0 saturated heterocycles. The molecule has 0 spiro atoms. The Kier molecular flexibility index (Phi) is 5.49. The molecule has 0 aliphatic heterocycles. The first kappa shape index (κ1) is 15.4. The second-order valence-electron chi connectivity index (χ2n) is 5.90. The summed E-state index contributed by atoms with van der Waals surface area (Å²) in [7, 11) is 1.99. The molecule has 0 amide bonds. The molecular weight excluding hydrogens is 258 g/mol. The van der Waals surface area contributed by atoms with Gasteiger partial charge in [-0.15, -0.1) is 0 Å². The maximum atomic E-state index is 13.3. The van der Waals surface area contributed by atoms with Crippen molar-refractivity contribution < 1.29 is 8.78 Å². The number of likely N-dealkylation sites (N-methyl/N-ethyl adjacent to an activating group) is 1. The molecular formula is C16H24F2N2. The number of nitrogens with two attached hydrogens (primary N) is 1. The summed E-state index contributed by atoms with van der Waals surface area (Å²) in [5.74, 6) is -0.393. The van der Waals surface area contributed by atoms with Gasteiger partial charge < -0.3 is 5.73 Å². The molecule has 20 heavy (non-hydrogen) atoms. The summed E-state index contributed by atoms with van der Waals surface area (Å²) in [5.41, 5.74) is 6.45. The molecule has 1 aliphatic rings. The predicted molar refractivity (Wildman–Crippen MR) is 77.4 cm³/mol. The van der Waals surface area contributed by atoms with Crippen molar-refractivity contribution >= 4 is 0 Å². The average Bonchev–Trinajstić information content (AvgIpc) is 2.39. The lowest BCUT2D eigenvalue weighted by Gasteiger charge is -2.32. The van der Waals surface area contributed by atoms with Crippen LogP contribution < -0.4 is 5.73 Å². The van der Waals surface area contributed by atoms with E-state index in [4.69, 9.17) is 5.73 Å². The zero-order valence-corrected chi connectivity index (χ0v) is 12.1. The first-order valence-electron chi connectivity index (χ1n) is 7.46. The Morgan fingerprint density at radius 3 is 2.30 bits per heavy atom. The van der Waals surface area contributed by atoms with Gasteiger partial charge >= 0.3 is 0 Å². The minimum absolute atomic E-state index is 0.123. The van der Waals surface area contributed by atoms with Crippen LogP contribution in [-0.4, -0.2) is 25.0 Å². The fraction of sp³-hybridized carbons (Fsp3) is 0.625. The maximum Gasteiger partial charge on any atom is 0.126 e. The molecule has 0 heterocycles. The number of benzene rings is 1. The van der Waals surface area contributed by atoms with E-state index in [1.807, 2.05) is 7.05 Å². The third-order valence-electron chi connectivity index (χ3n) is 4.30. The highest BCUT2D eigenvalue weighted by Crippen LogP contribution is 2.27. The van der Waals surface area contributed by atoms with Crippen molar-refractivity contribution in [3.8, 4) is 0 Å². The van der Waals surface area contributed by atoms with Crippen molar-refractivity contribution in [2.75, 3.05) is 20.1 Å². The van der Waals surface area contributed by atoms with E-state index in [1.54, 1.807) is 0 Å². The third-order valence-corrected chi connectivity index (χ3v) is 4.30. The fourth-order valence-corrected chi connectivity index (χ4v) is 3.24. The summed E-state index contributed by atoms with van der Waals surface area (Å²) >= 11 is 0. The lowest BCUT2D eigenvalue weighted by molar-refractivity contribution is 0.185. The van der Waals surface area contributed by atoms with Gasteiger partial charge in [-0.3, -0.25) is 4.90 Å².